The van der Waals surface area contributed by atoms with Crippen LogP contribution in [0.5, 0.6) is 0 Å². The maximum Gasteiger partial charge on any atom is 0.114 e. The van der Waals surface area contributed by atoms with Crippen molar-refractivity contribution in [3.63, 3.8) is 0 Å². The number of rotatable bonds is 1. The summed E-state index contributed by atoms with van der Waals surface area (Å²) in [6, 6.07) is 6.39. The zero-order valence-electron chi connectivity index (χ0n) is 9.89. The van der Waals surface area contributed by atoms with E-state index in [2.05, 4.69) is 46.8 Å². The first-order valence-corrected chi connectivity index (χ1v) is 5.22. The second-order valence-electron chi connectivity index (χ2n) is 5.25. The summed E-state index contributed by atoms with van der Waals surface area (Å²) in [6.07, 6.45) is 0. The first-order valence-electron chi connectivity index (χ1n) is 5.22. The Morgan fingerprint density at radius 1 is 1.14 bits per heavy atom. The maximum atomic E-state index is 5.93. The van der Waals surface area contributed by atoms with Gasteiger partial charge in [0.25, 0.3) is 0 Å². The van der Waals surface area contributed by atoms with Crippen LogP contribution in [0.1, 0.15) is 51.7 Å². The predicted molar refractivity (Wildman–Crippen MR) is 64.6 cm³/mol. The van der Waals surface area contributed by atoms with Crippen LogP contribution in [-0.4, -0.2) is 7.85 Å². The molecule has 0 bridgehead atoms. The molecule has 1 heteroatoms. The summed E-state index contributed by atoms with van der Waals surface area (Å²) in [5, 5.41) is 0. The molecule has 0 nitrogen and oxygen atoms in total. The fraction of sp³-hybridized carbons (Fsp3) is 0.538. The third-order valence-corrected chi connectivity index (χ3v) is 2.57. The first kappa shape index (κ1) is 11.4. The van der Waals surface area contributed by atoms with Crippen LogP contribution < -0.4 is 5.46 Å². The molecule has 2 radical (unpaired) electrons. The smallest absolute Gasteiger partial charge is 0.0933 e. The summed E-state index contributed by atoms with van der Waals surface area (Å²) < 4.78 is 0. The Bertz CT molecular complexity index is 318. The van der Waals surface area contributed by atoms with Gasteiger partial charge in [-0.2, -0.15) is 0 Å². The van der Waals surface area contributed by atoms with Crippen LogP contribution in [0, 0.1) is 0 Å². The number of hydrogen-bond donors (Lipinski definition) is 0. The monoisotopic (exact) mass is 186 g/mol. The quantitative estimate of drug-likeness (QED) is 0.591. The van der Waals surface area contributed by atoms with E-state index in [1.54, 1.807) is 0 Å². The zero-order valence-corrected chi connectivity index (χ0v) is 9.89. The van der Waals surface area contributed by atoms with Crippen molar-refractivity contribution in [1.29, 1.82) is 0 Å². The number of hydrogen-bond acceptors (Lipinski definition) is 0. The van der Waals surface area contributed by atoms with Crippen LogP contribution in [0.3, 0.4) is 0 Å². The maximum absolute atomic E-state index is 5.93. The Balaban J connectivity index is 3.20. The van der Waals surface area contributed by atoms with Crippen molar-refractivity contribution in [2.75, 3.05) is 0 Å². The molecule has 0 N–H and O–H groups in total. The van der Waals surface area contributed by atoms with Gasteiger partial charge < -0.3 is 0 Å². The van der Waals surface area contributed by atoms with Crippen molar-refractivity contribution in [2.24, 2.45) is 0 Å². The molecular weight excluding hydrogens is 167 g/mol. The van der Waals surface area contributed by atoms with Gasteiger partial charge in [0.05, 0.1) is 0 Å². The lowest BCUT2D eigenvalue weighted by Gasteiger charge is -2.22. The van der Waals surface area contributed by atoms with E-state index in [1.165, 1.54) is 11.1 Å². The van der Waals surface area contributed by atoms with Gasteiger partial charge in [0.15, 0.2) is 0 Å². The Labute approximate surface area is 89.1 Å². The Hall–Kier alpha value is -0.715. The standard InChI is InChI=1S/C13H19B/c1-9(2)11-8-10(13(3,4)5)6-7-12(11)14/h6-9H,1-5H3. The molecule has 1 aromatic carbocycles. The van der Waals surface area contributed by atoms with Crippen molar-refractivity contribution in [1.82, 2.24) is 0 Å². The van der Waals surface area contributed by atoms with Crippen LogP contribution in [0.25, 0.3) is 0 Å². The summed E-state index contributed by atoms with van der Waals surface area (Å²) in [4.78, 5) is 0. The SMILES string of the molecule is [B]c1ccc(C(C)(C)C)cc1C(C)C. The molecule has 0 atom stereocenters. The van der Waals surface area contributed by atoms with Gasteiger partial charge in [0.1, 0.15) is 7.85 Å². The molecule has 0 heterocycles. The third kappa shape index (κ3) is 2.40. The first-order chi connectivity index (χ1) is 6.32. The molecule has 0 aliphatic heterocycles. The van der Waals surface area contributed by atoms with E-state index >= 15 is 0 Å². The molecular formula is C13H19B. The average Bonchev–Trinajstić information content (AvgIpc) is 2.02. The van der Waals surface area contributed by atoms with E-state index in [-0.39, 0.29) is 5.41 Å². The molecule has 0 saturated heterocycles. The molecule has 14 heavy (non-hydrogen) atoms. The highest BCUT2D eigenvalue weighted by atomic mass is 14.2. The summed E-state index contributed by atoms with van der Waals surface area (Å²) in [6.45, 7) is 11.0. The van der Waals surface area contributed by atoms with Crippen LogP contribution in [0.4, 0.5) is 0 Å². The van der Waals surface area contributed by atoms with Crippen molar-refractivity contribution in [3.8, 4) is 0 Å². The fourth-order valence-electron chi connectivity index (χ4n) is 1.54. The lowest BCUT2D eigenvalue weighted by atomic mass is 9.79. The van der Waals surface area contributed by atoms with Gasteiger partial charge in [-0.05, 0) is 16.9 Å². The third-order valence-electron chi connectivity index (χ3n) is 2.57. The minimum atomic E-state index is 0.206. The van der Waals surface area contributed by atoms with Gasteiger partial charge in [0.2, 0.25) is 0 Å². The Kier molecular flexibility index (Phi) is 3.09. The van der Waals surface area contributed by atoms with Crippen LogP contribution in [-0.2, 0) is 5.41 Å². The minimum Gasteiger partial charge on any atom is -0.0933 e. The van der Waals surface area contributed by atoms with E-state index in [4.69, 9.17) is 7.85 Å². The van der Waals surface area contributed by atoms with Crippen LogP contribution in [0.15, 0.2) is 18.2 Å². The summed E-state index contributed by atoms with van der Waals surface area (Å²) in [5.41, 5.74) is 3.73. The lowest BCUT2D eigenvalue weighted by Crippen LogP contribution is -2.17. The molecule has 1 rings (SSSR count). The van der Waals surface area contributed by atoms with E-state index in [0.717, 1.165) is 5.46 Å². The van der Waals surface area contributed by atoms with Crippen molar-refractivity contribution in [2.45, 2.75) is 46.0 Å². The molecule has 0 saturated carbocycles. The zero-order chi connectivity index (χ0) is 10.9. The highest BCUT2D eigenvalue weighted by molar-refractivity contribution is 6.33. The van der Waals surface area contributed by atoms with E-state index in [9.17, 15) is 0 Å². The van der Waals surface area contributed by atoms with E-state index in [0.29, 0.717) is 5.92 Å². The molecule has 0 aliphatic rings. The second-order valence-corrected chi connectivity index (χ2v) is 5.25. The molecule has 0 aliphatic carbocycles. The van der Waals surface area contributed by atoms with E-state index < -0.39 is 0 Å². The van der Waals surface area contributed by atoms with Crippen LogP contribution in [0.2, 0.25) is 0 Å². The summed E-state index contributed by atoms with van der Waals surface area (Å²) >= 11 is 0. The normalized spacial score (nSPS) is 12.1. The lowest BCUT2D eigenvalue weighted by molar-refractivity contribution is 0.589. The Morgan fingerprint density at radius 3 is 2.14 bits per heavy atom. The highest BCUT2D eigenvalue weighted by Gasteiger charge is 2.15. The van der Waals surface area contributed by atoms with Crippen LogP contribution >= 0.6 is 0 Å². The molecule has 0 aromatic heterocycles. The molecule has 74 valence electrons. The minimum absolute atomic E-state index is 0.206. The highest BCUT2D eigenvalue weighted by Crippen LogP contribution is 2.24. The number of benzene rings is 1. The van der Waals surface area contributed by atoms with Gasteiger partial charge in [0, 0.05) is 0 Å². The summed E-state index contributed by atoms with van der Waals surface area (Å²) in [5.74, 6) is 0.497. The molecule has 0 spiro atoms. The molecule has 0 fully saturated rings. The van der Waals surface area contributed by atoms with Crippen molar-refractivity contribution >= 4 is 13.3 Å². The van der Waals surface area contributed by atoms with Gasteiger partial charge in [-0.3, -0.25) is 0 Å². The van der Waals surface area contributed by atoms with Gasteiger partial charge >= 0.3 is 0 Å². The average molecular weight is 186 g/mol. The fourth-order valence-corrected chi connectivity index (χ4v) is 1.54. The topological polar surface area (TPSA) is 0 Å². The van der Waals surface area contributed by atoms with Crippen molar-refractivity contribution < 1.29 is 0 Å². The van der Waals surface area contributed by atoms with E-state index in [1.807, 2.05) is 6.07 Å². The summed E-state index contributed by atoms with van der Waals surface area (Å²) in [7, 11) is 5.93. The van der Waals surface area contributed by atoms with Gasteiger partial charge in [-0.25, -0.2) is 0 Å². The van der Waals surface area contributed by atoms with Crippen molar-refractivity contribution in [3.05, 3.63) is 29.3 Å². The largest absolute Gasteiger partial charge is 0.114 e. The predicted octanol–water partition coefficient (Wildman–Crippen LogP) is 2.90. The Morgan fingerprint density at radius 2 is 1.71 bits per heavy atom. The van der Waals surface area contributed by atoms with Gasteiger partial charge in [-0.15, -0.1) is 0 Å². The van der Waals surface area contributed by atoms with Gasteiger partial charge in [-0.1, -0.05) is 63.8 Å². The molecule has 0 amide bonds. The molecule has 1 aromatic rings. The molecule has 0 unspecified atom stereocenters. The second kappa shape index (κ2) is 3.80.